The molecule has 140 valence electrons. The summed E-state index contributed by atoms with van der Waals surface area (Å²) in [4.78, 5) is 0. The Morgan fingerprint density at radius 2 is 1.42 bits per heavy atom. The normalized spacial score (nSPS) is 17.7. The van der Waals surface area contributed by atoms with Crippen LogP contribution in [0.4, 0.5) is 0 Å². The van der Waals surface area contributed by atoms with Crippen LogP contribution < -0.4 is 0 Å². The van der Waals surface area contributed by atoms with Gasteiger partial charge in [0.25, 0.3) is 0 Å². The van der Waals surface area contributed by atoms with Gasteiger partial charge < -0.3 is 9.47 Å². The Labute approximate surface area is 150 Å². The molecule has 0 aliphatic carbocycles. The summed E-state index contributed by atoms with van der Waals surface area (Å²) in [6.07, 6.45) is 20.3. The number of unbranched alkanes of at least 4 members (excludes halogenated alkanes) is 10. The maximum absolute atomic E-state index is 8.46. The molecular weight excluding hydrogens is 298 g/mol. The van der Waals surface area contributed by atoms with Gasteiger partial charge in [-0.25, -0.2) is 0 Å². The Balaban J connectivity index is 1.67. The molecule has 0 amide bonds. The van der Waals surface area contributed by atoms with Gasteiger partial charge in [-0.05, 0) is 44.9 Å². The average molecular weight is 338 g/mol. The lowest BCUT2D eigenvalue weighted by atomic mass is 10.0. The van der Waals surface area contributed by atoms with Crippen LogP contribution in [0, 0.1) is 11.3 Å². The van der Waals surface area contributed by atoms with Crippen LogP contribution in [0.3, 0.4) is 0 Å². The molecule has 0 aromatic rings. The van der Waals surface area contributed by atoms with Crippen molar-refractivity contribution < 1.29 is 9.47 Å². The first-order valence-electron chi connectivity index (χ1n) is 10.5. The zero-order valence-corrected chi connectivity index (χ0v) is 15.8. The van der Waals surface area contributed by atoms with Crippen LogP contribution in [-0.2, 0) is 9.47 Å². The smallest absolute Gasteiger partial charge is 0.0621 e. The minimum atomic E-state index is 0.547. The van der Waals surface area contributed by atoms with E-state index in [0.717, 1.165) is 32.7 Å². The highest BCUT2D eigenvalue weighted by atomic mass is 16.5. The van der Waals surface area contributed by atoms with E-state index in [1.165, 1.54) is 89.9 Å². The molecule has 1 aliphatic rings. The summed E-state index contributed by atoms with van der Waals surface area (Å²) in [5, 5.41) is 8.46. The summed E-state index contributed by atoms with van der Waals surface area (Å²) in [5.74, 6) is 0. The minimum absolute atomic E-state index is 0.547. The monoisotopic (exact) mass is 337 g/mol. The minimum Gasteiger partial charge on any atom is -0.381 e. The SMILES string of the molecule is N#CCCCCCCCCCCOCCCCCC1CCCCO1. The van der Waals surface area contributed by atoms with Crippen LogP contribution in [0.25, 0.3) is 0 Å². The van der Waals surface area contributed by atoms with E-state index in [4.69, 9.17) is 14.7 Å². The highest BCUT2D eigenvalue weighted by molar-refractivity contribution is 4.67. The molecule has 1 unspecified atom stereocenters. The second kappa shape index (κ2) is 17.2. The molecule has 0 N–H and O–H groups in total. The Kier molecular flexibility index (Phi) is 15.4. The van der Waals surface area contributed by atoms with Crippen molar-refractivity contribution in [2.24, 2.45) is 0 Å². The van der Waals surface area contributed by atoms with Crippen LogP contribution in [-0.4, -0.2) is 25.9 Å². The van der Waals surface area contributed by atoms with Crippen molar-refractivity contribution in [1.29, 1.82) is 5.26 Å². The van der Waals surface area contributed by atoms with Gasteiger partial charge in [0.05, 0.1) is 12.2 Å². The Hall–Kier alpha value is -0.590. The number of ether oxygens (including phenoxy) is 2. The maximum Gasteiger partial charge on any atom is 0.0621 e. The van der Waals surface area contributed by atoms with Gasteiger partial charge in [0.1, 0.15) is 0 Å². The number of nitrogens with zero attached hydrogens (tertiary/aromatic N) is 1. The summed E-state index contributed by atoms with van der Waals surface area (Å²) in [6.45, 7) is 2.85. The molecule has 0 aromatic carbocycles. The van der Waals surface area contributed by atoms with Gasteiger partial charge in [-0.1, -0.05) is 51.4 Å². The van der Waals surface area contributed by atoms with E-state index in [-0.39, 0.29) is 0 Å². The second-order valence-corrected chi connectivity index (χ2v) is 7.19. The van der Waals surface area contributed by atoms with Crippen LogP contribution in [0.1, 0.15) is 103 Å². The third-order valence-electron chi connectivity index (χ3n) is 4.92. The summed E-state index contributed by atoms with van der Waals surface area (Å²) in [5.41, 5.74) is 0. The molecular formula is C21H39NO2. The van der Waals surface area contributed by atoms with Crippen molar-refractivity contribution in [3.63, 3.8) is 0 Å². The molecule has 0 spiro atoms. The molecule has 0 saturated carbocycles. The van der Waals surface area contributed by atoms with E-state index in [1.54, 1.807) is 0 Å². The first-order valence-corrected chi connectivity index (χ1v) is 10.5. The predicted octanol–water partition coefficient (Wildman–Crippen LogP) is 6.17. The van der Waals surface area contributed by atoms with E-state index in [2.05, 4.69) is 6.07 Å². The van der Waals surface area contributed by atoms with Crippen molar-refractivity contribution in [3.05, 3.63) is 0 Å². The van der Waals surface area contributed by atoms with Gasteiger partial charge in [-0.15, -0.1) is 0 Å². The van der Waals surface area contributed by atoms with E-state index < -0.39 is 0 Å². The molecule has 0 aromatic heterocycles. The quantitative estimate of drug-likeness (QED) is 0.316. The molecule has 3 nitrogen and oxygen atoms in total. The number of rotatable bonds is 16. The van der Waals surface area contributed by atoms with E-state index >= 15 is 0 Å². The van der Waals surface area contributed by atoms with Gasteiger partial charge in [-0.2, -0.15) is 5.26 Å². The van der Waals surface area contributed by atoms with E-state index in [0.29, 0.717) is 6.10 Å². The number of hydrogen-bond donors (Lipinski definition) is 0. The van der Waals surface area contributed by atoms with Crippen molar-refractivity contribution in [1.82, 2.24) is 0 Å². The van der Waals surface area contributed by atoms with Gasteiger partial charge >= 0.3 is 0 Å². The van der Waals surface area contributed by atoms with Gasteiger partial charge in [0.15, 0.2) is 0 Å². The third kappa shape index (κ3) is 13.8. The Morgan fingerprint density at radius 3 is 2.04 bits per heavy atom. The van der Waals surface area contributed by atoms with Gasteiger partial charge in [0.2, 0.25) is 0 Å². The molecule has 1 atom stereocenters. The first kappa shape index (κ1) is 21.5. The van der Waals surface area contributed by atoms with Crippen molar-refractivity contribution in [3.8, 4) is 6.07 Å². The molecule has 1 saturated heterocycles. The highest BCUT2D eigenvalue weighted by Crippen LogP contribution is 2.18. The molecule has 0 radical (unpaired) electrons. The molecule has 3 heteroatoms. The Morgan fingerprint density at radius 1 is 0.792 bits per heavy atom. The fourth-order valence-corrected chi connectivity index (χ4v) is 3.36. The molecule has 24 heavy (non-hydrogen) atoms. The lowest BCUT2D eigenvalue weighted by Gasteiger charge is -2.22. The first-order chi connectivity index (χ1) is 11.9. The molecule has 0 bridgehead atoms. The standard InChI is InChI=1S/C21H39NO2/c22-17-11-6-4-2-1-3-5-7-12-18-23-19-13-8-9-15-21-16-10-14-20-24-21/h21H,1-16,18-20H2. The van der Waals surface area contributed by atoms with Gasteiger partial charge in [-0.3, -0.25) is 0 Å². The van der Waals surface area contributed by atoms with Crippen molar-refractivity contribution >= 4 is 0 Å². The van der Waals surface area contributed by atoms with Crippen molar-refractivity contribution in [2.45, 2.75) is 109 Å². The summed E-state index contributed by atoms with van der Waals surface area (Å²) < 4.78 is 11.5. The van der Waals surface area contributed by atoms with Gasteiger partial charge in [0, 0.05) is 26.2 Å². The van der Waals surface area contributed by atoms with Crippen LogP contribution >= 0.6 is 0 Å². The lowest BCUT2D eigenvalue weighted by Crippen LogP contribution is -2.18. The summed E-state index contributed by atoms with van der Waals surface area (Å²) in [7, 11) is 0. The van der Waals surface area contributed by atoms with Crippen LogP contribution in [0.2, 0.25) is 0 Å². The highest BCUT2D eigenvalue weighted by Gasteiger charge is 2.12. The van der Waals surface area contributed by atoms with E-state index in [1.807, 2.05) is 0 Å². The number of hydrogen-bond acceptors (Lipinski definition) is 3. The average Bonchev–Trinajstić information content (AvgIpc) is 2.62. The van der Waals surface area contributed by atoms with Crippen molar-refractivity contribution in [2.75, 3.05) is 19.8 Å². The zero-order chi connectivity index (χ0) is 17.1. The topological polar surface area (TPSA) is 42.2 Å². The van der Waals surface area contributed by atoms with Crippen LogP contribution in [0.5, 0.6) is 0 Å². The Bertz CT molecular complexity index is 295. The maximum atomic E-state index is 8.46. The molecule has 1 rings (SSSR count). The lowest BCUT2D eigenvalue weighted by molar-refractivity contribution is 0.00940. The fourth-order valence-electron chi connectivity index (χ4n) is 3.36. The predicted molar refractivity (Wildman–Crippen MR) is 100 cm³/mol. The fraction of sp³-hybridized carbons (Fsp3) is 0.952. The van der Waals surface area contributed by atoms with Crippen LogP contribution in [0.15, 0.2) is 0 Å². The molecule has 1 aliphatic heterocycles. The molecule has 1 fully saturated rings. The number of nitriles is 1. The van der Waals surface area contributed by atoms with E-state index in [9.17, 15) is 0 Å². The summed E-state index contributed by atoms with van der Waals surface area (Å²) >= 11 is 0. The second-order valence-electron chi connectivity index (χ2n) is 7.19. The third-order valence-corrected chi connectivity index (χ3v) is 4.92. The molecule has 1 heterocycles. The zero-order valence-electron chi connectivity index (χ0n) is 15.8. The summed E-state index contributed by atoms with van der Waals surface area (Å²) in [6, 6.07) is 2.21. The largest absolute Gasteiger partial charge is 0.381 e.